The fourth-order valence-corrected chi connectivity index (χ4v) is 3.54. The van der Waals surface area contributed by atoms with E-state index in [-0.39, 0.29) is 5.91 Å². The Morgan fingerprint density at radius 2 is 1.72 bits per heavy atom. The molecule has 0 fully saturated rings. The van der Waals surface area contributed by atoms with Gasteiger partial charge in [0.1, 0.15) is 0 Å². The molecule has 128 valence electrons. The number of sulfonamides is 1. The van der Waals surface area contributed by atoms with E-state index in [0.717, 1.165) is 17.4 Å². The minimum absolute atomic E-state index is 0.256. The molecule has 0 saturated heterocycles. The molecule has 1 amide bonds. The number of hydrogen-bond donors (Lipinski definition) is 2. The highest BCUT2D eigenvalue weighted by molar-refractivity contribution is 7.92. The highest BCUT2D eigenvalue weighted by Gasteiger charge is 2.08. The summed E-state index contributed by atoms with van der Waals surface area (Å²) < 4.78 is 24.8. The topological polar surface area (TPSA) is 75.3 Å². The molecule has 25 heavy (non-hydrogen) atoms. The van der Waals surface area contributed by atoms with Gasteiger partial charge in [0.15, 0.2) is 0 Å². The van der Waals surface area contributed by atoms with Crippen molar-refractivity contribution >= 4 is 38.6 Å². The highest BCUT2D eigenvalue weighted by Crippen LogP contribution is 2.25. The van der Waals surface area contributed by atoms with Crippen LogP contribution in [0.3, 0.4) is 0 Å². The molecule has 0 atom stereocenters. The van der Waals surface area contributed by atoms with Crippen LogP contribution in [0.25, 0.3) is 11.1 Å². The van der Waals surface area contributed by atoms with Gasteiger partial charge in [0.25, 0.3) is 5.91 Å². The second-order valence-electron chi connectivity index (χ2n) is 5.50. The van der Waals surface area contributed by atoms with E-state index in [4.69, 9.17) is 0 Å². The van der Waals surface area contributed by atoms with E-state index in [1.807, 2.05) is 35.7 Å². The maximum atomic E-state index is 12.4. The lowest BCUT2D eigenvalue weighted by Gasteiger charge is -2.08. The van der Waals surface area contributed by atoms with Crippen molar-refractivity contribution in [3.8, 4) is 11.1 Å². The molecule has 0 saturated carbocycles. The number of carbonyl (C=O) groups excluding carboxylic acids is 1. The summed E-state index contributed by atoms with van der Waals surface area (Å²) in [4.78, 5) is 12.4. The van der Waals surface area contributed by atoms with E-state index in [0.29, 0.717) is 16.9 Å². The molecule has 3 rings (SSSR count). The van der Waals surface area contributed by atoms with Gasteiger partial charge in [-0.05, 0) is 64.4 Å². The molecule has 3 aromatic rings. The number of anilines is 2. The Morgan fingerprint density at radius 3 is 2.36 bits per heavy atom. The summed E-state index contributed by atoms with van der Waals surface area (Å²) in [6, 6.07) is 15.9. The van der Waals surface area contributed by atoms with Crippen LogP contribution < -0.4 is 10.0 Å². The van der Waals surface area contributed by atoms with Gasteiger partial charge in [-0.25, -0.2) is 8.42 Å². The van der Waals surface area contributed by atoms with E-state index in [1.165, 1.54) is 0 Å². The Hall–Kier alpha value is -2.64. The normalized spacial score (nSPS) is 11.1. The number of rotatable bonds is 5. The van der Waals surface area contributed by atoms with Crippen LogP contribution in [-0.2, 0) is 10.0 Å². The molecule has 5 nitrogen and oxygen atoms in total. The molecule has 0 spiro atoms. The fraction of sp³-hybridized carbons (Fsp3) is 0.0556. The van der Waals surface area contributed by atoms with Crippen molar-refractivity contribution < 1.29 is 13.2 Å². The van der Waals surface area contributed by atoms with Crippen LogP contribution in [0.2, 0.25) is 0 Å². The summed E-state index contributed by atoms with van der Waals surface area (Å²) in [7, 11) is -3.33. The molecule has 7 heteroatoms. The highest BCUT2D eigenvalue weighted by atomic mass is 32.2. The fourth-order valence-electron chi connectivity index (χ4n) is 2.31. The zero-order valence-electron chi connectivity index (χ0n) is 13.4. The summed E-state index contributed by atoms with van der Waals surface area (Å²) >= 11 is 1.62. The van der Waals surface area contributed by atoms with Gasteiger partial charge < -0.3 is 5.32 Å². The van der Waals surface area contributed by atoms with Crippen LogP contribution >= 0.6 is 11.3 Å². The number of benzene rings is 2. The summed E-state index contributed by atoms with van der Waals surface area (Å²) in [5.41, 5.74) is 3.70. The Kier molecular flexibility index (Phi) is 4.87. The zero-order chi connectivity index (χ0) is 17.9. The van der Waals surface area contributed by atoms with Crippen LogP contribution in [-0.4, -0.2) is 20.6 Å². The monoisotopic (exact) mass is 372 g/mol. The lowest BCUT2D eigenvalue weighted by molar-refractivity contribution is 0.102. The number of thiophene rings is 1. The third-order valence-corrected chi connectivity index (χ3v) is 4.72. The summed E-state index contributed by atoms with van der Waals surface area (Å²) in [6.45, 7) is 0. The molecule has 0 aliphatic heterocycles. The van der Waals surface area contributed by atoms with Crippen molar-refractivity contribution in [3.63, 3.8) is 0 Å². The Bertz CT molecular complexity index is 979. The molecule has 0 aliphatic carbocycles. The van der Waals surface area contributed by atoms with Crippen LogP contribution in [0.5, 0.6) is 0 Å². The average Bonchev–Trinajstić information content (AvgIpc) is 3.09. The molecule has 2 aromatic carbocycles. The lowest BCUT2D eigenvalue weighted by atomic mass is 10.1. The molecule has 0 aliphatic rings. The quantitative estimate of drug-likeness (QED) is 0.710. The first-order chi connectivity index (χ1) is 11.9. The molecule has 0 radical (unpaired) electrons. The molecular formula is C18H16N2O3S2. The van der Waals surface area contributed by atoms with Crippen molar-refractivity contribution in [1.29, 1.82) is 0 Å². The number of nitrogens with one attached hydrogen (secondary N) is 2. The summed E-state index contributed by atoms with van der Waals surface area (Å²) in [5.74, 6) is -0.256. The van der Waals surface area contributed by atoms with Crippen LogP contribution in [0.1, 0.15) is 10.4 Å². The SMILES string of the molecule is CS(=O)(=O)Nc1ccc(C(=O)Nc2cccc(-c3ccsc3)c2)cc1. The predicted octanol–water partition coefficient (Wildman–Crippen LogP) is 4.04. The second kappa shape index (κ2) is 7.08. The van der Waals surface area contributed by atoms with Gasteiger partial charge in [-0.3, -0.25) is 9.52 Å². The van der Waals surface area contributed by atoms with E-state index in [9.17, 15) is 13.2 Å². The number of carbonyl (C=O) groups is 1. The van der Waals surface area contributed by atoms with E-state index in [2.05, 4.69) is 15.4 Å². The lowest BCUT2D eigenvalue weighted by Crippen LogP contribution is -2.13. The third-order valence-electron chi connectivity index (χ3n) is 3.43. The van der Waals surface area contributed by atoms with Crippen molar-refractivity contribution in [3.05, 3.63) is 70.9 Å². The zero-order valence-corrected chi connectivity index (χ0v) is 15.0. The smallest absolute Gasteiger partial charge is 0.255 e. The van der Waals surface area contributed by atoms with Gasteiger partial charge in [0.05, 0.1) is 6.26 Å². The first-order valence-corrected chi connectivity index (χ1v) is 10.3. The van der Waals surface area contributed by atoms with Gasteiger partial charge in [0.2, 0.25) is 10.0 Å². The van der Waals surface area contributed by atoms with Gasteiger partial charge in [0, 0.05) is 16.9 Å². The van der Waals surface area contributed by atoms with Crippen molar-refractivity contribution in [2.24, 2.45) is 0 Å². The molecule has 1 heterocycles. The molecule has 2 N–H and O–H groups in total. The summed E-state index contributed by atoms with van der Waals surface area (Å²) in [6.07, 6.45) is 1.08. The maximum absolute atomic E-state index is 12.4. The van der Waals surface area contributed by atoms with Crippen LogP contribution in [0, 0.1) is 0 Å². The minimum Gasteiger partial charge on any atom is -0.322 e. The van der Waals surface area contributed by atoms with Gasteiger partial charge in [-0.1, -0.05) is 12.1 Å². The second-order valence-corrected chi connectivity index (χ2v) is 8.03. The number of amides is 1. The van der Waals surface area contributed by atoms with Gasteiger partial charge in [-0.15, -0.1) is 0 Å². The Balaban J connectivity index is 1.73. The molecule has 1 aromatic heterocycles. The van der Waals surface area contributed by atoms with Gasteiger partial charge >= 0.3 is 0 Å². The van der Waals surface area contributed by atoms with E-state index < -0.39 is 10.0 Å². The minimum atomic E-state index is -3.33. The third kappa shape index (κ3) is 4.68. The van der Waals surface area contributed by atoms with Gasteiger partial charge in [-0.2, -0.15) is 11.3 Å². The molecule has 0 unspecified atom stereocenters. The Morgan fingerprint density at radius 1 is 0.960 bits per heavy atom. The van der Waals surface area contributed by atoms with Crippen LogP contribution in [0.15, 0.2) is 65.4 Å². The van der Waals surface area contributed by atoms with E-state index >= 15 is 0 Å². The van der Waals surface area contributed by atoms with Crippen LogP contribution in [0.4, 0.5) is 11.4 Å². The standard InChI is InChI=1S/C18H16N2O3S2/c1-25(22,23)20-16-7-5-13(6-8-16)18(21)19-17-4-2-3-14(11-17)15-9-10-24-12-15/h2-12,20H,1H3,(H,19,21). The van der Waals surface area contributed by atoms with E-state index in [1.54, 1.807) is 35.6 Å². The molecular weight excluding hydrogens is 356 g/mol. The maximum Gasteiger partial charge on any atom is 0.255 e. The first kappa shape index (κ1) is 17.2. The molecule has 0 bridgehead atoms. The number of hydrogen-bond acceptors (Lipinski definition) is 4. The summed E-state index contributed by atoms with van der Waals surface area (Å²) in [5, 5.41) is 6.91. The van der Waals surface area contributed by atoms with Crippen molar-refractivity contribution in [1.82, 2.24) is 0 Å². The first-order valence-electron chi connectivity index (χ1n) is 7.42. The van der Waals surface area contributed by atoms with Crippen molar-refractivity contribution in [2.45, 2.75) is 0 Å². The Labute approximate surface area is 150 Å². The average molecular weight is 372 g/mol. The predicted molar refractivity (Wildman–Crippen MR) is 103 cm³/mol. The van der Waals surface area contributed by atoms with Crippen molar-refractivity contribution in [2.75, 3.05) is 16.3 Å². The largest absolute Gasteiger partial charge is 0.322 e.